The second kappa shape index (κ2) is 13.9. The van der Waals surface area contributed by atoms with Crippen LogP contribution in [-0.4, -0.2) is 0 Å². The molecule has 0 radical (unpaired) electrons. The summed E-state index contributed by atoms with van der Waals surface area (Å²) in [6, 6.07) is 58.1. The summed E-state index contributed by atoms with van der Waals surface area (Å²) in [4.78, 5) is 2.60. The molecule has 0 amide bonds. The van der Waals surface area contributed by atoms with Gasteiger partial charge < -0.3 is 4.90 Å². The summed E-state index contributed by atoms with van der Waals surface area (Å²) in [7, 11) is 0. The van der Waals surface area contributed by atoms with Crippen LogP contribution in [0.5, 0.6) is 0 Å². The minimum atomic E-state index is -0.165. The first-order valence-corrected chi connectivity index (χ1v) is 21.9. The van der Waals surface area contributed by atoms with E-state index in [-0.39, 0.29) is 5.41 Å². The third-order valence-corrected chi connectivity index (χ3v) is 14.8. The molecule has 4 aliphatic carbocycles. The van der Waals surface area contributed by atoms with E-state index in [9.17, 15) is 0 Å². The highest BCUT2D eigenvalue weighted by molar-refractivity contribution is 6.02. The van der Waals surface area contributed by atoms with Gasteiger partial charge in [0.2, 0.25) is 0 Å². The van der Waals surface area contributed by atoms with Crippen LogP contribution in [-0.2, 0) is 5.41 Å². The van der Waals surface area contributed by atoms with Gasteiger partial charge in [-0.3, -0.25) is 0 Å². The smallest absolute Gasteiger partial charge is 0.0542 e. The molecule has 1 heteroatoms. The molecule has 3 atom stereocenters. The molecule has 0 heterocycles. The van der Waals surface area contributed by atoms with Crippen LogP contribution in [0.25, 0.3) is 44.2 Å². The average molecular weight is 740 g/mol. The summed E-state index contributed by atoms with van der Waals surface area (Å²) >= 11 is 0. The molecule has 7 aromatic rings. The van der Waals surface area contributed by atoms with E-state index in [0.29, 0.717) is 5.92 Å². The van der Waals surface area contributed by atoms with Gasteiger partial charge in [0, 0.05) is 22.2 Å². The molecule has 3 saturated carbocycles. The zero-order valence-electron chi connectivity index (χ0n) is 33.6. The van der Waals surface area contributed by atoms with Crippen LogP contribution in [0.4, 0.5) is 17.1 Å². The fourth-order valence-corrected chi connectivity index (χ4v) is 12.0. The molecule has 1 nitrogen and oxygen atoms in total. The highest BCUT2D eigenvalue weighted by Gasteiger charge is 2.41. The van der Waals surface area contributed by atoms with Gasteiger partial charge >= 0.3 is 0 Å². The van der Waals surface area contributed by atoms with Crippen molar-refractivity contribution in [2.45, 2.75) is 88.9 Å². The predicted molar refractivity (Wildman–Crippen MR) is 241 cm³/mol. The zero-order valence-corrected chi connectivity index (χ0v) is 33.6. The lowest BCUT2D eigenvalue weighted by atomic mass is 9.81. The van der Waals surface area contributed by atoms with Crippen molar-refractivity contribution in [2.75, 3.05) is 4.90 Å². The molecule has 0 saturated heterocycles. The Bertz CT molecular complexity index is 2600. The maximum absolute atomic E-state index is 2.60. The van der Waals surface area contributed by atoms with E-state index in [2.05, 4.69) is 170 Å². The standard InChI is InChI=1S/C56H53N/c1-56(2)51-24-13-23-48(47-21-10-9-20-45(47)38-14-5-3-6-15-38)55(51)49-33-32-44(36-52(49)56)57(43-30-28-40(29-31-43)50-35-37-26-27-42(50)34-37)53-25-12-19-41-18-11-22-46(54(41)53)39-16-7-4-8-17-39/h3,5-6,9-15,18-25,28-33,36-37,39,42,50H,4,7-8,16-17,26-27,34-35H2,1-2H3. The number of benzene rings is 7. The van der Waals surface area contributed by atoms with E-state index in [1.165, 1.54) is 136 Å². The Labute approximate surface area is 339 Å². The van der Waals surface area contributed by atoms with E-state index in [4.69, 9.17) is 0 Å². The lowest BCUT2D eigenvalue weighted by molar-refractivity contribution is 0.420. The van der Waals surface area contributed by atoms with Crippen molar-refractivity contribution < 1.29 is 0 Å². The number of hydrogen-bond acceptors (Lipinski definition) is 1. The zero-order chi connectivity index (χ0) is 38.1. The SMILES string of the molecule is CC1(C)c2cc(N(c3ccc(C4CC5CCC4C5)cc3)c3cccc4cccc(C5CCCCC5)c34)ccc2-c2c(-c3ccccc3-c3ccccc3)cccc21. The Balaban J connectivity index is 1.08. The fourth-order valence-electron chi connectivity index (χ4n) is 12.0. The van der Waals surface area contributed by atoms with Crippen LogP contribution in [0.1, 0.15) is 106 Å². The highest BCUT2D eigenvalue weighted by atomic mass is 15.1. The largest absolute Gasteiger partial charge is 0.310 e. The van der Waals surface area contributed by atoms with Gasteiger partial charge in [-0.2, -0.15) is 0 Å². The normalized spacial score (nSPS) is 20.8. The van der Waals surface area contributed by atoms with Crippen LogP contribution in [0.3, 0.4) is 0 Å². The first-order chi connectivity index (χ1) is 28.0. The molecular weight excluding hydrogens is 687 g/mol. The van der Waals surface area contributed by atoms with Crippen molar-refractivity contribution in [1.82, 2.24) is 0 Å². The number of fused-ring (bicyclic) bond motifs is 6. The Kier molecular flexibility index (Phi) is 8.50. The second-order valence-electron chi connectivity index (χ2n) is 18.3. The van der Waals surface area contributed by atoms with Gasteiger partial charge in [0.05, 0.1) is 5.69 Å². The van der Waals surface area contributed by atoms with E-state index < -0.39 is 0 Å². The van der Waals surface area contributed by atoms with E-state index in [0.717, 1.165) is 17.8 Å². The molecule has 7 aromatic carbocycles. The maximum atomic E-state index is 2.60. The van der Waals surface area contributed by atoms with Crippen molar-refractivity contribution in [3.63, 3.8) is 0 Å². The summed E-state index contributed by atoms with van der Waals surface area (Å²) in [6.45, 7) is 4.86. The molecule has 0 aliphatic heterocycles. The third-order valence-electron chi connectivity index (χ3n) is 14.8. The third kappa shape index (κ3) is 5.80. The monoisotopic (exact) mass is 739 g/mol. The Hall–Kier alpha value is -5.40. The van der Waals surface area contributed by atoms with Crippen LogP contribution < -0.4 is 4.90 Å². The number of rotatable bonds is 7. The minimum Gasteiger partial charge on any atom is -0.310 e. The Morgan fingerprint density at radius 1 is 0.526 bits per heavy atom. The van der Waals surface area contributed by atoms with Crippen molar-refractivity contribution in [2.24, 2.45) is 11.8 Å². The number of hydrogen-bond donors (Lipinski definition) is 0. The van der Waals surface area contributed by atoms with Gasteiger partial charge in [0.1, 0.15) is 0 Å². The molecule has 4 aliphatic rings. The Morgan fingerprint density at radius 2 is 1.25 bits per heavy atom. The molecule has 3 unspecified atom stereocenters. The fraction of sp³-hybridized carbons (Fsp3) is 0.286. The van der Waals surface area contributed by atoms with Gasteiger partial charge in [-0.25, -0.2) is 0 Å². The van der Waals surface area contributed by atoms with Crippen molar-refractivity contribution in [1.29, 1.82) is 0 Å². The predicted octanol–water partition coefficient (Wildman–Crippen LogP) is 15.9. The molecule has 0 N–H and O–H groups in total. The molecule has 282 valence electrons. The van der Waals surface area contributed by atoms with Crippen molar-refractivity contribution >= 4 is 27.8 Å². The summed E-state index contributed by atoms with van der Waals surface area (Å²) in [6.07, 6.45) is 12.3. The van der Waals surface area contributed by atoms with Crippen LogP contribution >= 0.6 is 0 Å². The quantitative estimate of drug-likeness (QED) is 0.157. The average Bonchev–Trinajstić information content (AvgIpc) is 3.97. The second-order valence-corrected chi connectivity index (χ2v) is 18.3. The molecule has 0 spiro atoms. The molecule has 11 rings (SSSR count). The summed E-state index contributed by atoms with van der Waals surface area (Å²) in [5.41, 5.74) is 17.3. The van der Waals surface area contributed by atoms with E-state index >= 15 is 0 Å². The molecule has 3 fully saturated rings. The van der Waals surface area contributed by atoms with Gasteiger partial charge in [-0.05, 0) is 147 Å². The lowest BCUT2D eigenvalue weighted by Crippen LogP contribution is -2.17. The summed E-state index contributed by atoms with van der Waals surface area (Å²) in [5.74, 6) is 3.15. The van der Waals surface area contributed by atoms with Gasteiger partial charge in [0.25, 0.3) is 0 Å². The first-order valence-electron chi connectivity index (χ1n) is 21.9. The maximum Gasteiger partial charge on any atom is 0.0542 e. The first kappa shape index (κ1) is 34.8. The number of anilines is 3. The van der Waals surface area contributed by atoms with Gasteiger partial charge in [-0.15, -0.1) is 0 Å². The van der Waals surface area contributed by atoms with Gasteiger partial charge in [-0.1, -0.05) is 161 Å². The molecule has 57 heavy (non-hydrogen) atoms. The summed E-state index contributed by atoms with van der Waals surface area (Å²) in [5, 5.41) is 2.77. The van der Waals surface area contributed by atoms with Crippen LogP contribution in [0.2, 0.25) is 0 Å². The van der Waals surface area contributed by atoms with E-state index in [1.807, 2.05) is 0 Å². The van der Waals surface area contributed by atoms with Crippen molar-refractivity contribution in [3.05, 3.63) is 174 Å². The minimum absolute atomic E-state index is 0.165. The van der Waals surface area contributed by atoms with Crippen LogP contribution in [0, 0.1) is 11.8 Å². The van der Waals surface area contributed by atoms with E-state index in [1.54, 1.807) is 5.56 Å². The topological polar surface area (TPSA) is 3.24 Å². The highest BCUT2D eigenvalue weighted by Crippen LogP contribution is 2.56. The molecule has 2 bridgehead atoms. The lowest BCUT2D eigenvalue weighted by Gasteiger charge is -2.31. The molecular formula is C56H53N. The number of nitrogens with zero attached hydrogens (tertiary/aromatic N) is 1. The van der Waals surface area contributed by atoms with Crippen LogP contribution in [0.15, 0.2) is 152 Å². The van der Waals surface area contributed by atoms with Gasteiger partial charge in [0.15, 0.2) is 0 Å². The Morgan fingerprint density at radius 3 is 2.02 bits per heavy atom. The molecule has 0 aromatic heterocycles. The summed E-state index contributed by atoms with van der Waals surface area (Å²) < 4.78 is 0. The van der Waals surface area contributed by atoms with Crippen molar-refractivity contribution in [3.8, 4) is 33.4 Å².